The molecule has 1 heterocycles. The number of rotatable bonds is 0. The van der Waals surface area contributed by atoms with Crippen molar-refractivity contribution in [3.8, 4) is 0 Å². The van der Waals surface area contributed by atoms with E-state index < -0.39 is 17.6 Å². The number of hydrogen-bond acceptors (Lipinski definition) is 1. The zero-order valence-corrected chi connectivity index (χ0v) is 6.12. The Bertz CT molecular complexity index is 240. The number of pyridine rings is 1. The van der Waals surface area contributed by atoms with E-state index in [1.165, 1.54) is 0 Å². The van der Waals surface area contributed by atoms with Gasteiger partial charge in [0.25, 0.3) is 5.95 Å². The molecule has 0 atom stereocenters. The van der Waals surface area contributed by atoms with E-state index >= 15 is 0 Å². The molecule has 5 heteroatoms. The lowest BCUT2D eigenvalue weighted by Gasteiger charge is -1.93. The van der Waals surface area contributed by atoms with Gasteiger partial charge in [-0.1, -0.05) is 0 Å². The van der Waals surface area contributed by atoms with Gasteiger partial charge in [0, 0.05) is 6.07 Å². The van der Waals surface area contributed by atoms with Crippen LogP contribution in [0.15, 0.2) is 10.7 Å². The summed E-state index contributed by atoms with van der Waals surface area (Å²) in [6.07, 6.45) is 0. The van der Waals surface area contributed by atoms with Crippen molar-refractivity contribution in [3.05, 3.63) is 28.3 Å². The fraction of sp³-hybridized carbons (Fsp3) is 0. The lowest BCUT2D eigenvalue weighted by atomic mass is 10.4. The first-order valence-corrected chi connectivity index (χ1v) is 3.07. The highest BCUT2D eigenvalue weighted by molar-refractivity contribution is 9.10. The Morgan fingerprint density at radius 2 is 1.90 bits per heavy atom. The normalized spacial score (nSPS) is 10.0. The second-order valence-electron chi connectivity index (χ2n) is 1.53. The minimum absolute atomic E-state index is 0.0658. The molecule has 10 heavy (non-hydrogen) atoms. The second-order valence-corrected chi connectivity index (χ2v) is 2.34. The van der Waals surface area contributed by atoms with Crippen LogP contribution in [0.25, 0.3) is 0 Å². The SMILES string of the molecule is Fc1cc(Br)nc(F)c1F. The molecule has 0 radical (unpaired) electrons. The number of aromatic nitrogens is 1. The molecule has 1 aromatic rings. The van der Waals surface area contributed by atoms with E-state index in [-0.39, 0.29) is 4.60 Å². The Morgan fingerprint density at radius 1 is 1.30 bits per heavy atom. The highest BCUT2D eigenvalue weighted by atomic mass is 79.9. The standard InChI is InChI=1S/C5HBrF3N/c6-3-1-2(7)4(8)5(9)10-3/h1H. The van der Waals surface area contributed by atoms with Crippen LogP contribution in [0.4, 0.5) is 13.2 Å². The summed E-state index contributed by atoms with van der Waals surface area (Å²) in [6, 6.07) is 0.748. The lowest BCUT2D eigenvalue weighted by Crippen LogP contribution is -1.93. The predicted octanol–water partition coefficient (Wildman–Crippen LogP) is 2.26. The van der Waals surface area contributed by atoms with E-state index in [0.717, 1.165) is 6.07 Å². The summed E-state index contributed by atoms with van der Waals surface area (Å²) in [5.74, 6) is -4.24. The van der Waals surface area contributed by atoms with Gasteiger partial charge in [0.2, 0.25) is 5.82 Å². The molecule has 0 amide bonds. The van der Waals surface area contributed by atoms with E-state index in [2.05, 4.69) is 20.9 Å². The van der Waals surface area contributed by atoms with Crippen molar-refractivity contribution in [1.82, 2.24) is 4.98 Å². The van der Waals surface area contributed by atoms with Crippen molar-refractivity contribution in [3.63, 3.8) is 0 Å². The number of nitrogens with zero attached hydrogens (tertiary/aromatic N) is 1. The first kappa shape index (κ1) is 7.53. The van der Waals surface area contributed by atoms with Gasteiger partial charge >= 0.3 is 0 Å². The van der Waals surface area contributed by atoms with Gasteiger partial charge in [0.1, 0.15) is 4.60 Å². The van der Waals surface area contributed by atoms with E-state index in [4.69, 9.17) is 0 Å². The van der Waals surface area contributed by atoms with E-state index in [0.29, 0.717) is 0 Å². The molecule has 0 aromatic carbocycles. The fourth-order valence-electron chi connectivity index (χ4n) is 0.442. The van der Waals surface area contributed by atoms with Crippen molar-refractivity contribution in [2.24, 2.45) is 0 Å². The minimum atomic E-state index is -1.55. The Balaban J connectivity index is 3.31. The molecule has 1 rings (SSSR count). The van der Waals surface area contributed by atoms with Crippen LogP contribution in [0.1, 0.15) is 0 Å². The monoisotopic (exact) mass is 211 g/mol. The van der Waals surface area contributed by atoms with E-state index in [1.54, 1.807) is 0 Å². The largest absolute Gasteiger partial charge is 0.253 e. The van der Waals surface area contributed by atoms with Crippen molar-refractivity contribution < 1.29 is 13.2 Å². The summed E-state index contributed by atoms with van der Waals surface area (Å²) in [5.41, 5.74) is 0. The molecule has 0 aliphatic rings. The van der Waals surface area contributed by atoms with Gasteiger partial charge in [-0.25, -0.2) is 9.37 Å². The summed E-state index contributed by atoms with van der Waals surface area (Å²) in [6.45, 7) is 0. The zero-order chi connectivity index (χ0) is 7.72. The molecule has 1 nitrogen and oxygen atoms in total. The number of halogens is 4. The molecule has 1 aromatic heterocycles. The molecule has 0 N–H and O–H groups in total. The summed E-state index contributed by atoms with van der Waals surface area (Å²) in [4.78, 5) is 2.97. The first-order chi connectivity index (χ1) is 4.61. The highest BCUT2D eigenvalue weighted by Gasteiger charge is 2.09. The molecular weight excluding hydrogens is 211 g/mol. The van der Waals surface area contributed by atoms with Crippen molar-refractivity contribution >= 4 is 15.9 Å². The molecule has 0 bridgehead atoms. The zero-order valence-electron chi connectivity index (χ0n) is 4.54. The van der Waals surface area contributed by atoms with E-state index in [9.17, 15) is 13.2 Å². The van der Waals surface area contributed by atoms with Crippen molar-refractivity contribution in [2.75, 3.05) is 0 Å². The maximum absolute atomic E-state index is 12.2. The minimum Gasteiger partial charge on any atom is -0.210 e. The topological polar surface area (TPSA) is 12.9 Å². The van der Waals surface area contributed by atoms with Gasteiger partial charge in [-0.3, -0.25) is 0 Å². The second kappa shape index (κ2) is 2.57. The van der Waals surface area contributed by atoms with Crippen LogP contribution < -0.4 is 0 Å². The maximum atomic E-state index is 12.2. The van der Waals surface area contributed by atoms with Crippen molar-refractivity contribution in [1.29, 1.82) is 0 Å². The fourth-order valence-corrected chi connectivity index (χ4v) is 0.798. The quantitative estimate of drug-likeness (QED) is 0.601. The first-order valence-electron chi connectivity index (χ1n) is 2.28. The Hall–Kier alpha value is -0.580. The molecule has 0 aliphatic carbocycles. The molecule has 0 spiro atoms. The molecule has 0 unspecified atom stereocenters. The predicted molar refractivity (Wildman–Crippen MR) is 31.8 cm³/mol. The van der Waals surface area contributed by atoms with Gasteiger partial charge < -0.3 is 0 Å². The van der Waals surface area contributed by atoms with Gasteiger partial charge in [0.15, 0.2) is 5.82 Å². The molecule has 0 saturated carbocycles. The van der Waals surface area contributed by atoms with Gasteiger partial charge in [-0.05, 0) is 15.9 Å². The molecular formula is C5HBrF3N. The molecule has 0 fully saturated rings. The summed E-state index contributed by atoms with van der Waals surface area (Å²) < 4.78 is 36.3. The van der Waals surface area contributed by atoms with Crippen LogP contribution in [0.2, 0.25) is 0 Å². The lowest BCUT2D eigenvalue weighted by molar-refractivity contribution is 0.425. The number of hydrogen-bond donors (Lipinski definition) is 0. The van der Waals surface area contributed by atoms with E-state index in [1.807, 2.05) is 0 Å². The summed E-state index contributed by atoms with van der Waals surface area (Å²) in [5, 5.41) is 0. The van der Waals surface area contributed by atoms with Crippen LogP contribution in [0.5, 0.6) is 0 Å². The van der Waals surface area contributed by atoms with Crippen LogP contribution >= 0.6 is 15.9 Å². The Kier molecular flexibility index (Phi) is 1.94. The Morgan fingerprint density at radius 3 is 2.40 bits per heavy atom. The van der Waals surface area contributed by atoms with Gasteiger partial charge in [0.05, 0.1) is 0 Å². The van der Waals surface area contributed by atoms with Gasteiger partial charge in [-0.15, -0.1) is 0 Å². The molecule has 54 valence electrons. The van der Waals surface area contributed by atoms with Crippen LogP contribution in [-0.4, -0.2) is 4.98 Å². The Labute approximate surface area is 63.0 Å². The molecule has 0 aliphatic heterocycles. The summed E-state index contributed by atoms with van der Waals surface area (Å²) >= 11 is 2.69. The highest BCUT2D eigenvalue weighted by Crippen LogP contribution is 2.13. The van der Waals surface area contributed by atoms with Crippen molar-refractivity contribution in [2.45, 2.75) is 0 Å². The maximum Gasteiger partial charge on any atom is 0.253 e. The third-order valence-corrected chi connectivity index (χ3v) is 1.25. The third-order valence-electron chi connectivity index (χ3n) is 0.842. The molecule has 0 saturated heterocycles. The smallest absolute Gasteiger partial charge is 0.210 e. The average molecular weight is 212 g/mol. The van der Waals surface area contributed by atoms with Gasteiger partial charge in [-0.2, -0.15) is 8.78 Å². The average Bonchev–Trinajstić information content (AvgIpc) is 1.82. The third kappa shape index (κ3) is 1.29. The van der Waals surface area contributed by atoms with Crippen LogP contribution in [-0.2, 0) is 0 Å². The summed E-state index contributed by atoms with van der Waals surface area (Å²) in [7, 11) is 0. The van der Waals surface area contributed by atoms with Crippen LogP contribution in [0, 0.1) is 17.6 Å². The van der Waals surface area contributed by atoms with Crippen LogP contribution in [0.3, 0.4) is 0 Å².